The molecule has 0 bridgehead atoms. The van der Waals surface area contributed by atoms with E-state index in [2.05, 4.69) is 13.8 Å². The van der Waals surface area contributed by atoms with Crippen LogP contribution in [0.5, 0.6) is 0 Å². The molecule has 0 aliphatic carbocycles. The highest BCUT2D eigenvalue weighted by Gasteiger charge is 2.31. The third-order valence-corrected chi connectivity index (χ3v) is 5.79. The summed E-state index contributed by atoms with van der Waals surface area (Å²) >= 11 is 0. The molecule has 0 aliphatic rings. The van der Waals surface area contributed by atoms with Crippen molar-refractivity contribution in [1.82, 2.24) is 0 Å². The molecule has 0 heterocycles. The second-order valence-corrected chi connectivity index (χ2v) is 8.59. The van der Waals surface area contributed by atoms with Crippen LogP contribution in [0.3, 0.4) is 0 Å². The van der Waals surface area contributed by atoms with E-state index in [-0.39, 0.29) is 0 Å². The van der Waals surface area contributed by atoms with E-state index >= 15 is 0 Å². The Kier molecular flexibility index (Phi) is 19.6. The first-order chi connectivity index (χ1) is 13.6. The van der Waals surface area contributed by atoms with Crippen molar-refractivity contribution in [3.8, 4) is 0 Å². The number of aliphatic hydroxyl groups excluding tert-OH is 2. The third-order valence-electron chi connectivity index (χ3n) is 5.79. The molecule has 0 aromatic heterocycles. The van der Waals surface area contributed by atoms with E-state index in [9.17, 15) is 15.3 Å². The number of unbranched alkanes of at least 4 members (excludes halogenated alkanes) is 15. The van der Waals surface area contributed by atoms with Gasteiger partial charge in [-0.15, -0.1) is 0 Å². The molecule has 0 saturated carbocycles. The van der Waals surface area contributed by atoms with Crippen LogP contribution >= 0.6 is 0 Å². The highest BCUT2D eigenvalue weighted by Crippen LogP contribution is 2.20. The molecule has 0 saturated heterocycles. The minimum atomic E-state index is -1.48. The van der Waals surface area contributed by atoms with Gasteiger partial charge in [-0.3, -0.25) is 0 Å². The average molecular weight is 399 g/mol. The van der Waals surface area contributed by atoms with Crippen molar-refractivity contribution < 1.29 is 15.3 Å². The fourth-order valence-corrected chi connectivity index (χ4v) is 3.66. The zero-order valence-electron chi connectivity index (χ0n) is 19.0. The third kappa shape index (κ3) is 15.5. The smallest absolute Gasteiger partial charge is 0.131 e. The Morgan fingerprint density at radius 1 is 0.679 bits per heavy atom. The molecule has 3 heteroatoms. The summed E-state index contributed by atoms with van der Waals surface area (Å²) in [6, 6.07) is 0. The Morgan fingerprint density at radius 3 is 1.54 bits per heavy atom. The van der Waals surface area contributed by atoms with E-state index < -0.39 is 18.3 Å². The lowest BCUT2D eigenvalue weighted by atomic mass is 9.92. The Labute approximate surface area is 175 Å². The number of aliphatic hydroxyl groups is 3. The zero-order valence-corrected chi connectivity index (χ0v) is 19.0. The average Bonchev–Trinajstić information content (AvgIpc) is 2.71. The molecule has 168 valence electrons. The summed E-state index contributed by atoms with van der Waals surface area (Å²) in [6.45, 7) is 3.97. The van der Waals surface area contributed by atoms with Crippen molar-refractivity contribution in [3.63, 3.8) is 0 Å². The van der Waals surface area contributed by atoms with Crippen molar-refractivity contribution in [2.24, 2.45) is 0 Å². The van der Waals surface area contributed by atoms with Crippen LogP contribution in [0.25, 0.3) is 0 Å². The monoisotopic (exact) mass is 398 g/mol. The van der Waals surface area contributed by atoms with Gasteiger partial charge in [0.25, 0.3) is 0 Å². The summed E-state index contributed by atoms with van der Waals surface area (Å²) in [5, 5.41) is 30.1. The predicted octanol–water partition coefficient (Wildman–Crippen LogP) is 6.69. The summed E-state index contributed by atoms with van der Waals surface area (Å²) in [6.07, 6.45) is 24.5. The van der Waals surface area contributed by atoms with Crippen molar-refractivity contribution in [2.75, 3.05) is 6.61 Å². The van der Waals surface area contributed by atoms with E-state index in [0.717, 1.165) is 32.1 Å². The lowest BCUT2D eigenvalue weighted by molar-refractivity contribution is -0.0747. The molecule has 2 atom stereocenters. The van der Waals surface area contributed by atoms with Crippen LogP contribution in [0.2, 0.25) is 0 Å². The van der Waals surface area contributed by atoms with Gasteiger partial charge in [0.2, 0.25) is 0 Å². The Bertz CT molecular complexity index is 343. The molecule has 0 aliphatic heterocycles. The van der Waals surface area contributed by atoms with E-state index in [4.69, 9.17) is 0 Å². The normalized spacial score (nSPS) is 15.2. The van der Waals surface area contributed by atoms with Gasteiger partial charge < -0.3 is 15.3 Å². The fourth-order valence-electron chi connectivity index (χ4n) is 3.66. The molecule has 0 aromatic carbocycles. The standard InChI is InChI=1S/C25H50O3/c1-3-5-7-9-10-11-12-13-14-15-16-17-18-19-21-24(27)25(28,23-26)22-20-8-6-4-2/h20,22,24,26-28H,3-19,21,23H2,1-2H3. The number of allylic oxidation sites excluding steroid dienone is 1. The molecule has 2 unspecified atom stereocenters. The maximum absolute atomic E-state index is 10.4. The van der Waals surface area contributed by atoms with Gasteiger partial charge in [0.1, 0.15) is 5.60 Å². The zero-order chi connectivity index (χ0) is 20.9. The molecule has 0 rings (SSSR count). The molecule has 0 aromatic rings. The lowest BCUT2D eigenvalue weighted by Crippen LogP contribution is -2.43. The Hall–Kier alpha value is -0.380. The van der Waals surface area contributed by atoms with Crippen molar-refractivity contribution in [2.45, 2.75) is 141 Å². The van der Waals surface area contributed by atoms with E-state index in [1.165, 1.54) is 77.0 Å². The number of rotatable bonds is 21. The van der Waals surface area contributed by atoms with Crippen LogP contribution in [-0.4, -0.2) is 33.6 Å². The van der Waals surface area contributed by atoms with Gasteiger partial charge in [-0.2, -0.15) is 0 Å². The Balaban J connectivity index is 3.57. The second kappa shape index (κ2) is 19.9. The van der Waals surface area contributed by atoms with Crippen LogP contribution in [-0.2, 0) is 0 Å². The van der Waals surface area contributed by atoms with E-state index in [1.807, 2.05) is 6.08 Å². The Morgan fingerprint density at radius 2 is 1.11 bits per heavy atom. The molecule has 28 heavy (non-hydrogen) atoms. The summed E-state index contributed by atoms with van der Waals surface area (Å²) < 4.78 is 0. The summed E-state index contributed by atoms with van der Waals surface area (Å²) in [5.74, 6) is 0. The maximum Gasteiger partial charge on any atom is 0.131 e. The summed E-state index contributed by atoms with van der Waals surface area (Å²) in [7, 11) is 0. The predicted molar refractivity (Wildman–Crippen MR) is 122 cm³/mol. The summed E-state index contributed by atoms with van der Waals surface area (Å²) in [5.41, 5.74) is -1.48. The fraction of sp³-hybridized carbons (Fsp3) is 0.920. The number of hydrogen-bond acceptors (Lipinski definition) is 3. The van der Waals surface area contributed by atoms with E-state index in [0.29, 0.717) is 6.42 Å². The largest absolute Gasteiger partial charge is 0.393 e. The van der Waals surface area contributed by atoms with E-state index in [1.54, 1.807) is 6.08 Å². The highest BCUT2D eigenvalue weighted by molar-refractivity contribution is 5.05. The molecular weight excluding hydrogens is 348 g/mol. The first kappa shape index (κ1) is 27.6. The molecule has 0 spiro atoms. The first-order valence-corrected chi connectivity index (χ1v) is 12.3. The van der Waals surface area contributed by atoms with Crippen LogP contribution in [0.1, 0.15) is 129 Å². The molecule has 0 amide bonds. The van der Waals surface area contributed by atoms with Gasteiger partial charge in [0.05, 0.1) is 12.7 Å². The van der Waals surface area contributed by atoms with Crippen molar-refractivity contribution in [3.05, 3.63) is 12.2 Å². The maximum atomic E-state index is 10.4. The van der Waals surface area contributed by atoms with Crippen molar-refractivity contribution >= 4 is 0 Å². The van der Waals surface area contributed by atoms with Crippen LogP contribution in [0, 0.1) is 0 Å². The number of hydrogen-bond donors (Lipinski definition) is 3. The van der Waals surface area contributed by atoms with Crippen LogP contribution < -0.4 is 0 Å². The molecule has 3 N–H and O–H groups in total. The SMILES string of the molecule is CCCCC=CC(O)(CO)C(O)CCCCCCCCCCCCCCCC. The summed E-state index contributed by atoms with van der Waals surface area (Å²) in [4.78, 5) is 0. The highest BCUT2D eigenvalue weighted by atomic mass is 16.4. The van der Waals surface area contributed by atoms with Gasteiger partial charge in [-0.25, -0.2) is 0 Å². The molecule has 0 fully saturated rings. The van der Waals surface area contributed by atoms with Crippen molar-refractivity contribution in [1.29, 1.82) is 0 Å². The molecule has 3 nitrogen and oxygen atoms in total. The first-order valence-electron chi connectivity index (χ1n) is 12.3. The second-order valence-electron chi connectivity index (χ2n) is 8.59. The lowest BCUT2D eigenvalue weighted by Gasteiger charge is -2.28. The topological polar surface area (TPSA) is 60.7 Å². The quantitative estimate of drug-likeness (QED) is 0.149. The van der Waals surface area contributed by atoms with Gasteiger partial charge in [0, 0.05) is 0 Å². The van der Waals surface area contributed by atoms with Gasteiger partial charge in [0.15, 0.2) is 0 Å². The molecular formula is C25H50O3. The van der Waals surface area contributed by atoms with Gasteiger partial charge in [-0.1, -0.05) is 129 Å². The van der Waals surface area contributed by atoms with Crippen LogP contribution in [0.4, 0.5) is 0 Å². The van der Waals surface area contributed by atoms with Gasteiger partial charge in [-0.05, 0) is 12.8 Å². The molecule has 0 radical (unpaired) electrons. The van der Waals surface area contributed by atoms with Gasteiger partial charge >= 0.3 is 0 Å². The minimum Gasteiger partial charge on any atom is -0.393 e. The van der Waals surface area contributed by atoms with Crippen LogP contribution in [0.15, 0.2) is 12.2 Å². The minimum absolute atomic E-state index is 0.421.